The number of thiocarbonyl (C=S) groups is 1. The van der Waals surface area contributed by atoms with Crippen molar-refractivity contribution in [1.29, 1.82) is 0 Å². The van der Waals surface area contributed by atoms with Crippen molar-refractivity contribution in [2.75, 3.05) is 43.5 Å². The monoisotopic (exact) mass is 403 g/mol. The van der Waals surface area contributed by atoms with E-state index >= 15 is 0 Å². The lowest BCUT2D eigenvalue weighted by atomic mass is 10.0. The van der Waals surface area contributed by atoms with Gasteiger partial charge in [-0.3, -0.25) is 0 Å². The molecule has 0 radical (unpaired) electrons. The van der Waals surface area contributed by atoms with E-state index in [4.69, 9.17) is 17.0 Å². The number of para-hydroxylation sites is 1. The zero-order valence-electron chi connectivity index (χ0n) is 16.5. The van der Waals surface area contributed by atoms with Gasteiger partial charge in [0.2, 0.25) is 0 Å². The molecule has 0 saturated carbocycles. The second-order valence-electron chi connectivity index (χ2n) is 7.02. The van der Waals surface area contributed by atoms with Crippen LogP contribution in [0.15, 0.2) is 78.9 Å². The molecule has 148 valence electrons. The Balaban J connectivity index is 1.41. The van der Waals surface area contributed by atoms with Gasteiger partial charge >= 0.3 is 0 Å². The highest BCUT2D eigenvalue weighted by molar-refractivity contribution is 7.80. The molecule has 3 aromatic carbocycles. The minimum atomic E-state index is 0.777. The highest BCUT2D eigenvalue weighted by Gasteiger charge is 2.20. The average Bonchev–Trinajstić information content (AvgIpc) is 2.80. The van der Waals surface area contributed by atoms with Crippen LogP contribution in [0.5, 0.6) is 5.75 Å². The number of anilines is 2. The van der Waals surface area contributed by atoms with E-state index in [0.29, 0.717) is 0 Å². The second kappa shape index (κ2) is 8.97. The van der Waals surface area contributed by atoms with E-state index < -0.39 is 0 Å². The standard InChI is InChI=1S/C24H25N3OS/c1-28-21-11-7-10-20(18-21)26-14-16-27(17-15-26)24(29)25-23-13-6-5-12-22(23)19-8-3-2-4-9-19/h2-13,18H,14-17H2,1H3,(H,25,29). The first kappa shape index (κ1) is 19.3. The van der Waals surface area contributed by atoms with Crippen LogP contribution in [0.1, 0.15) is 0 Å². The lowest BCUT2D eigenvalue weighted by Gasteiger charge is -2.37. The number of nitrogens with one attached hydrogen (secondary N) is 1. The van der Waals surface area contributed by atoms with Gasteiger partial charge in [0.25, 0.3) is 0 Å². The van der Waals surface area contributed by atoms with Gasteiger partial charge in [0.15, 0.2) is 5.11 Å². The van der Waals surface area contributed by atoms with Crippen molar-refractivity contribution in [3.63, 3.8) is 0 Å². The first-order chi connectivity index (χ1) is 14.2. The summed E-state index contributed by atoms with van der Waals surface area (Å²) in [5, 5.41) is 4.25. The van der Waals surface area contributed by atoms with Crippen LogP contribution in [0.25, 0.3) is 11.1 Å². The highest BCUT2D eigenvalue weighted by Crippen LogP contribution is 2.28. The third-order valence-electron chi connectivity index (χ3n) is 5.24. The molecule has 1 aliphatic heterocycles. The van der Waals surface area contributed by atoms with E-state index in [1.54, 1.807) is 7.11 Å². The summed E-state index contributed by atoms with van der Waals surface area (Å²) in [5.41, 5.74) is 4.57. The van der Waals surface area contributed by atoms with Gasteiger partial charge in [-0.15, -0.1) is 0 Å². The molecule has 0 unspecified atom stereocenters. The number of piperazine rings is 1. The summed E-state index contributed by atoms with van der Waals surface area (Å²) < 4.78 is 5.35. The smallest absolute Gasteiger partial charge is 0.173 e. The van der Waals surface area contributed by atoms with Gasteiger partial charge in [-0.25, -0.2) is 0 Å². The Morgan fingerprint density at radius 2 is 1.59 bits per heavy atom. The van der Waals surface area contributed by atoms with Crippen molar-refractivity contribution in [2.45, 2.75) is 0 Å². The van der Waals surface area contributed by atoms with Crippen LogP contribution < -0.4 is 15.0 Å². The fraction of sp³-hybridized carbons (Fsp3) is 0.208. The van der Waals surface area contributed by atoms with Crippen LogP contribution in [0.3, 0.4) is 0 Å². The van der Waals surface area contributed by atoms with Gasteiger partial charge in [0.1, 0.15) is 5.75 Å². The van der Waals surface area contributed by atoms with E-state index in [9.17, 15) is 0 Å². The van der Waals surface area contributed by atoms with Gasteiger partial charge in [-0.05, 0) is 36.0 Å². The third kappa shape index (κ3) is 4.51. The van der Waals surface area contributed by atoms with Gasteiger partial charge in [0.05, 0.1) is 7.11 Å². The molecule has 0 aromatic heterocycles. The topological polar surface area (TPSA) is 27.7 Å². The lowest BCUT2D eigenvalue weighted by Crippen LogP contribution is -2.50. The predicted octanol–water partition coefficient (Wildman–Crippen LogP) is 4.88. The summed E-state index contributed by atoms with van der Waals surface area (Å²) in [6.07, 6.45) is 0. The Bertz CT molecular complexity index is 969. The molecule has 29 heavy (non-hydrogen) atoms. The SMILES string of the molecule is COc1cccc(N2CCN(C(=S)Nc3ccccc3-c3ccccc3)CC2)c1. The second-order valence-corrected chi connectivity index (χ2v) is 7.40. The van der Waals surface area contributed by atoms with Crippen LogP contribution in [-0.4, -0.2) is 43.3 Å². The molecule has 0 spiro atoms. The number of hydrogen-bond donors (Lipinski definition) is 1. The van der Waals surface area contributed by atoms with Crippen molar-refractivity contribution >= 4 is 28.7 Å². The largest absolute Gasteiger partial charge is 0.497 e. The van der Waals surface area contributed by atoms with E-state index in [-0.39, 0.29) is 0 Å². The third-order valence-corrected chi connectivity index (χ3v) is 5.60. The minimum absolute atomic E-state index is 0.777. The summed E-state index contributed by atoms with van der Waals surface area (Å²) in [7, 11) is 1.70. The number of benzene rings is 3. The Morgan fingerprint density at radius 1 is 0.862 bits per heavy atom. The summed E-state index contributed by atoms with van der Waals surface area (Å²) in [6, 6.07) is 26.9. The van der Waals surface area contributed by atoms with E-state index in [2.05, 4.69) is 69.7 Å². The molecule has 1 saturated heterocycles. The van der Waals surface area contributed by atoms with Crippen LogP contribution in [0.4, 0.5) is 11.4 Å². The Labute approximate surface area is 177 Å². The molecule has 1 aliphatic rings. The molecule has 1 heterocycles. The maximum Gasteiger partial charge on any atom is 0.173 e. The van der Waals surface area contributed by atoms with Crippen molar-refractivity contribution in [3.8, 4) is 16.9 Å². The lowest BCUT2D eigenvalue weighted by molar-refractivity contribution is 0.389. The maximum absolute atomic E-state index is 5.74. The highest BCUT2D eigenvalue weighted by atomic mass is 32.1. The fourth-order valence-electron chi connectivity index (χ4n) is 3.63. The van der Waals surface area contributed by atoms with Gasteiger partial charge < -0.3 is 19.9 Å². The Morgan fingerprint density at radius 3 is 2.34 bits per heavy atom. The molecule has 4 nitrogen and oxygen atoms in total. The molecule has 0 bridgehead atoms. The summed E-state index contributed by atoms with van der Waals surface area (Å²) in [5.74, 6) is 0.889. The Hall–Kier alpha value is -3.05. The quantitative estimate of drug-likeness (QED) is 0.627. The molecular weight excluding hydrogens is 378 g/mol. The molecule has 3 aromatic rings. The van der Waals surface area contributed by atoms with Crippen molar-refractivity contribution in [1.82, 2.24) is 4.90 Å². The minimum Gasteiger partial charge on any atom is -0.497 e. The van der Waals surface area contributed by atoms with Crippen molar-refractivity contribution < 1.29 is 4.74 Å². The fourth-order valence-corrected chi connectivity index (χ4v) is 3.92. The molecule has 4 rings (SSSR count). The van der Waals surface area contributed by atoms with Gasteiger partial charge in [-0.1, -0.05) is 54.6 Å². The molecule has 5 heteroatoms. The van der Waals surface area contributed by atoms with Crippen molar-refractivity contribution in [2.24, 2.45) is 0 Å². The molecule has 1 fully saturated rings. The zero-order valence-corrected chi connectivity index (χ0v) is 17.4. The summed E-state index contributed by atoms with van der Waals surface area (Å²) in [6.45, 7) is 3.62. The molecular formula is C24H25N3OS. The Kier molecular flexibility index (Phi) is 5.96. The maximum atomic E-state index is 5.74. The zero-order chi connectivity index (χ0) is 20.1. The van der Waals surface area contributed by atoms with Crippen LogP contribution in [-0.2, 0) is 0 Å². The van der Waals surface area contributed by atoms with Crippen LogP contribution in [0.2, 0.25) is 0 Å². The molecule has 0 amide bonds. The molecule has 0 aliphatic carbocycles. The van der Waals surface area contributed by atoms with E-state index in [0.717, 1.165) is 48.3 Å². The molecule has 0 atom stereocenters. The predicted molar refractivity (Wildman–Crippen MR) is 125 cm³/mol. The number of ether oxygens (including phenoxy) is 1. The van der Waals surface area contributed by atoms with Crippen LogP contribution in [0, 0.1) is 0 Å². The molecule has 1 N–H and O–H groups in total. The number of nitrogens with zero attached hydrogens (tertiary/aromatic N) is 2. The van der Waals surface area contributed by atoms with Crippen LogP contribution >= 0.6 is 12.2 Å². The summed E-state index contributed by atoms with van der Waals surface area (Å²) in [4.78, 5) is 4.62. The first-order valence-electron chi connectivity index (χ1n) is 9.84. The van der Waals surface area contributed by atoms with Gasteiger partial charge in [-0.2, -0.15) is 0 Å². The number of methoxy groups -OCH3 is 1. The van der Waals surface area contributed by atoms with Crippen molar-refractivity contribution in [3.05, 3.63) is 78.9 Å². The van der Waals surface area contributed by atoms with Gasteiger partial charge in [0, 0.05) is 49.2 Å². The first-order valence-corrected chi connectivity index (χ1v) is 10.2. The van der Waals surface area contributed by atoms with E-state index in [1.165, 1.54) is 11.3 Å². The normalized spacial score (nSPS) is 13.8. The number of hydrogen-bond acceptors (Lipinski definition) is 3. The average molecular weight is 404 g/mol. The van der Waals surface area contributed by atoms with E-state index in [1.807, 2.05) is 24.3 Å². The number of rotatable bonds is 4. The summed E-state index contributed by atoms with van der Waals surface area (Å²) >= 11 is 5.74.